The molecule has 0 amide bonds. The molecule has 0 aliphatic carbocycles. The first-order valence-corrected chi connectivity index (χ1v) is 7.89. The Hall–Kier alpha value is -3.19. The molecule has 0 saturated heterocycles. The minimum atomic E-state index is -4.80. The van der Waals surface area contributed by atoms with Gasteiger partial charge < -0.3 is 15.2 Å². The van der Waals surface area contributed by atoms with Gasteiger partial charge in [-0.2, -0.15) is 4.68 Å². The number of phenols is 1. The molecule has 0 aliphatic heterocycles. The highest BCUT2D eigenvalue weighted by molar-refractivity contribution is 5.57. The van der Waals surface area contributed by atoms with Crippen molar-refractivity contribution < 1.29 is 27.8 Å². The number of aromatic nitrogens is 5. The first kappa shape index (κ1) is 19.6. The van der Waals surface area contributed by atoms with E-state index in [1.165, 1.54) is 13.2 Å². The van der Waals surface area contributed by atoms with Gasteiger partial charge >= 0.3 is 12.1 Å². The van der Waals surface area contributed by atoms with Crippen molar-refractivity contribution in [3.05, 3.63) is 46.8 Å². The third-order valence-corrected chi connectivity index (χ3v) is 3.69. The number of rotatable bonds is 7. The van der Waals surface area contributed by atoms with Crippen molar-refractivity contribution >= 4 is 11.3 Å². The minimum Gasteiger partial charge on any atom is -0.506 e. The van der Waals surface area contributed by atoms with Crippen molar-refractivity contribution in [1.82, 2.24) is 24.4 Å². The second-order valence-corrected chi connectivity index (χ2v) is 5.49. The number of hydrogen-bond acceptors (Lipinski definition) is 8. The fraction of sp³-hybridized carbons (Fsp3) is 0.333. The van der Waals surface area contributed by atoms with Crippen molar-refractivity contribution in [2.45, 2.75) is 19.1 Å². The maximum Gasteiger partial charge on any atom is 0.522 e. The Bertz CT molecular complexity index is 1020. The summed E-state index contributed by atoms with van der Waals surface area (Å²) < 4.78 is 46.8. The molecule has 3 aromatic rings. The Kier molecular flexibility index (Phi) is 5.46. The first-order chi connectivity index (χ1) is 13.3. The van der Waals surface area contributed by atoms with Crippen LogP contribution in [0.15, 0.2) is 35.4 Å². The van der Waals surface area contributed by atoms with Gasteiger partial charge in [-0.25, -0.2) is 14.2 Å². The Balaban J connectivity index is 1.86. The van der Waals surface area contributed by atoms with Crippen molar-refractivity contribution in [2.24, 2.45) is 0 Å². The number of ether oxygens (including phenoxy) is 2. The van der Waals surface area contributed by atoms with E-state index in [1.54, 1.807) is 18.2 Å². The number of methoxy groups -OCH3 is 1. The van der Waals surface area contributed by atoms with E-state index < -0.39 is 31.4 Å². The van der Waals surface area contributed by atoms with E-state index in [0.29, 0.717) is 5.69 Å². The average Bonchev–Trinajstić information content (AvgIpc) is 3.07. The predicted octanol–water partition coefficient (Wildman–Crippen LogP) is 1.29. The number of imidazole rings is 1. The average molecular weight is 400 g/mol. The number of alkyl halides is 3. The van der Waals surface area contributed by atoms with E-state index in [4.69, 9.17) is 4.74 Å². The number of para-hydroxylation sites is 2. The highest BCUT2D eigenvalue weighted by Crippen LogP contribution is 2.27. The van der Waals surface area contributed by atoms with Crippen LogP contribution in [0, 0.1) is 0 Å². The normalized spacial score (nSPS) is 13.0. The van der Waals surface area contributed by atoms with E-state index >= 15 is 0 Å². The highest BCUT2D eigenvalue weighted by Gasteiger charge is 2.29. The van der Waals surface area contributed by atoms with Gasteiger partial charge in [-0.05, 0) is 12.1 Å². The van der Waals surface area contributed by atoms with E-state index in [9.17, 15) is 23.1 Å². The van der Waals surface area contributed by atoms with E-state index in [2.05, 4.69) is 25.3 Å². The van der Waals surface area contributed by atoms with Crippen molar-refractivity contribution in [3.63, 3.8) is 0 Å². The molecule has 0 aliphatic rings. The Morgan fingerprint density at radius 3 is 2.75 bits per heavy atom. The minimum absolute atomic E-state index is 0.0221. The fourth-order valence-corrected chi connectivity index (χ4v) is 2.40. The van der Waals surface area contributed by atoms with Gasteiger partial charge in [-0.15, -0.1) is 18.3 Å². The Morgan fingerprint density at radius 1 is 1.32 bits per heavy atom. The monoisotopic (exact) mass is 400 g/mol. The molecule has 28 heavy (non-hydrogen) atoms. The molecular weight excluding hydrogens is 385 g/mol. The molecule has 0 fully saturated rings. The van der Waals surface area contributed by atoms with Crippen LogP contribution >= 0.6 is 0 Å². The molecule has 13 heteroatoms. The molecule has 1 aromatic carbocycles. The molecule has 1 atom stereocenters. The van der Waals surface area contributed by atoms with Crippen LogP contribution in [0.5, 0.6) is 5.75 Å². The molecule has 0 spiro atoms. The van der Waals surface area contributed by atoms with Crippen LogP contribution < -0.4 is 11.0 Å². The van der Waals surface area contributed by atoms with Gasteiger partial charge in [-0.3, -0.25) is 4.74 Å². The van der Waals surface area contributed by atoms with Gasteiger partial charge in [0, 0.05) is 7.11 Å². The number of nitrogens with zero attached hydrogens (tertiary/aromatic N) is 5. The zero-order valence-corrected chi connectivity index (χ0v) is 14.4. The third-order valence-electron chi connectivity index (χ3n) is 3.69. The summed E-state index contributed by atoms with van der Waals surface area (Å²) in [6.45, 7) is -1.24. The maximum absolute atomic E-state index is 12.4. The van der Waals surface area contributed by atoms with Crippen LogP contribution in [-0.4, -0.2) is 49.6 Å². The van der Waals surface area contributed by atoms with Crippen molar-refractivity contribution in [2.75, 3.05) is 19.0 Å². The summed E-state index contributed by atoms with van der Waals surface area (Å²) in [5.41, 5.74) is -0.130. The summed E-state index contributed by atoms with van der Waals surface area (Å²) >= 11 is 0. The van der Waals surface area contributed by atoms with Crippen LogP contribution in [0.4, 0.5) is 18.9 Å². The first-order valence-electron chi connectivity index (χ1n) is 7.89. The van der Waals surface area contributed by atoms with Crippen LogP contribution in [0.3, 0.4) is 0 Å². The molecule has 2 aromatic heterocycles. The molecule has 0 radical (unpaired) electrons. The lowest BCUT2D eigenvalue weighted by molar-refractivity contribution is -0.325. The SMILES string of the molecule is COC(Nc1ccccc1O)c1ncn2c(=O)n(CCOC(F)(F)F)nnc12. The lowest BCUT2D eigenvalue weighted by Gasteiger charge is -2.17. The predicted molar refractivity (Wildman–Crippen MR) is 88.5 cm³/mol. The molecule has 10 nitrogen and oxygen atoms in total. The smallest absolute Gasteiger partial charge is 0.506 e. The lowest BCUT2D eigenvalue weighted by Crippen LogP contribution is -2.32. The standard InChI is InChI=1S/C15H15F3N6O4/c1-27-13(20-9-4-2-3-5-10(9)25)11-12-21-22-24(6-7-28-15(16,17)18)14(26)23(12)8-19-11/h2-5,8,13,20,25H,6-7H2,1H3. The number of halogens is 3. The number of phenolic OH excluding ortho intramolecular Hbond substituents is 1. The summed E-state index contributed by atoms with van der Waals surface area (Å²) in [5, 5.41) is 20.2. The summed E-state index contributed by atoms with van der Waals surface area (Å²) in [6, 6.07) is 6.42. The van der Waals surface area contributed by atoms with Crippen molar-refractivity contribution in [1.29, 1.82) is 0 Å². The van der Waals surface area contributed by atoms with Crippen LogP contribution in [0.25, 0.3) is 5.65 Å². The molecular formula is C15H15F3N6O4. The molecule has 0 saturated carbocycles. The molecule has 2 heterocycles. The maximum atomic E-state index is 12.4. The van der Waals surface area contributed by atoms with Crippen LogP contribution in [0.1, 0.15) is 11.9 Å². The zero-order chi connectivity index (χ0) is 20.3. The second kappa shape index (κ2) is 7.82. The van der Waals surface area contributed by atoms with Gasteiger partial charge in [0.1, 0.15) is 17.8 Å². The number of hydrogen-bond donors (Lipinski definition) is 2. The Labute approximate surface area is 155 Å². The summed E-state index contributed by atoms with van der Waals surface area (Å²) in [4.78, 5) is 16.4. The Morgan fingerprint density at radius 2 is 2.07 bits per heavy atom. The van der Waals surface area contributed by atoms with Gasteiger partial charge in [0.25, 0.3) is 0 Å². The number of benzene rings is 1. The number of aromatic hydroxyl groups is 1. The molecule has 0 bridgehead atoms. The molecule has 2 N–H and O–H groups in total. The fourth-order valence-electron chi connectivity index (χ4n) is 2.40. The number of nitrogens with one attached hydrogen (secondary N) is 1. The number of anilines is 1. The second-order valence-electron chi connectivity index (χ2n) is 5.49. The van der Waals surface area contributed by atoms with E-state index in [-0.39, 0.29) is 17.1 Å². The topological polar surface area (TPSA) is 116 Å². The molecule has 1 unspecified atom stereocenters. The molecule has 3 rings (SSSR count). The van der Waals surface area contributed by atoms with Crippen LogP contribution in [-0.2, 0) is 16.0 Å². The molecule has 150 valence electrons. The van der Waals surface area contributed by atoms with E-state index in [1.807, 2.05) is 0 Å². The summed E-state index contributed by atoms with van der Waals surface area (Å²) in [5.74, 6) is -0.0221. The highest BCUT2D eigenvalue weighted by atomic mass is 19.4. The van der Waals surface area contributed by atoms with Gasteiger partial charge in [-0.1, -0.05) is 17.3 Å². The third kappa shape index (κ3) is 4.20. The van der Waals surface area contributed by atoms with Crippen molar-refractivity contribution in [3.8, 4) is 5.75 Å². The zero-order valence-electron chi connectivity index (χ0n) is 14.4. The van der Waals surface area contributed by atoms with Crippen LogP contribution in [0.2, 0.25) is 0 Å². The van der Waals surface area contributed by atoms with Gasteiger partial charge in [0.15, 0.2) is 11.9 Å². The van der Waals surface area contributed by atoms with Gasteiger partial charge in [0.2, 0.25) is 0 Å². The summed E-state index contributed by atoms with van der Waals surface area (Å²) in [7, 11) is 1.38. The lowest BCUT2D eigenvalue weighted by atomic mass is 10.2. The van der Waals surface area contributed by atoms with E-state index in [0.717, 1.165) is 15.4 Å². The van der Waals surface area contributed by atoms with Gasteiger partial charge in [0.05, 0.1) is 18.8 Å². The summed E-state index contributed by atoms with van der Waals surface area (Å²) in [6.07, 6.45) is -4.53. The number of fused-ring (bicyclic) bond motifs is 1. The quantitative estimate of drug-likeness (QED) is 0.450. The largest absolute Gasteiger partial charge is 0.522 e.